The summed E-state index contributed by atoms with van der Waals surface area (Å²) in [5.74, 6) is 1.77. The maximum Gasteiger partial charge on any atom is 0.154 e. The SMILES string of the molecule is CC(C)(C)C1CCC(Nc2ccc3ncc(-c4cc5ccccc5s4)n3n2)CC1. The molecule has 29 heavy (non-hydrogen) atoms. The first kappa shape index (κ1) is 18.6. The highest BCUT2D eigenvalue weighted by Gasteiger charge is 2.29. The van der Waals surface area contributed by atoms with Crippen LogP contribution in [0.5, 0.6) is 0 Å². The van der Waals surface area contributed by atoms with E-state index in [2.05, 4.69) is 73.5 Å². The second-order valence-corrected chi connectivity index (χ2v) is 10.4. The zero-order valence-corrected chi connectivity index (χ0v) is 18.2. The maximum absolute atomic E-state index is 4.89. The van der Waals surface area contributed by atoms with Gasteiger partial charge < -0.3 is 5.32 Å². The average Bonchev–Trinajstić information content (AvgIpc) is 3.31. The number of aromatic nitrogens is 3. The van der Waals surface area contributed by atoms with Crippen LogP contribution in [0.25, 0.3) is 26.3 Å². The molecule has 1 aromatic carbocycles. The third-order valence-corrected chi connectivity index (χ3v) is 7.48. The van der Waals surface area contributed by atoms with Gasteiger partial charge in [0.05, 0.1) is 11.1 Å². The van der Waals surface area contributed by atoms with E-state index in [1.165, 1.54) is 40.6 Å². The highest BCUT2D eigenvalue weighted by molar-refractivity contribution is 7.22. The lowest BCUT2D eigenvalue weighted by atomic mass is 9.71. The van der Waals surface area contributed by atoms with Crippen LogP contribution in [0.1, 0.15) is 46.5 Å². The molecule has 1 N–H and O–H groups in total. The van der Waals surface area contributed by atoms with Crippen LogP contribution in [-0.4, -0.2) is 20.6 Å². The first-order valence-electron chi connectivity index (χ1n) is 10.6. The molecule has 1 aliphatic carbocycles. The topological polar surface area (TPSA) is 42.2 Å². The summed E-state index contributed by atoms with van der Waals surface area (Å²) in [6.45, 7) is 7.11. The van der Waals surface area contributed by atoms with Gasteiger partial charge in [-0.05, 0) is 66.7 Å². The van der Waals surface area contributed by atoms with Gasteiger partial charge in [0, 0.05) is 10.7 Å². The normalized spacial score (nSPS) is 20.4. The first-order chi connectivity index (χ1) is 14.0. The molecule has 0 atom stereocenters. The molecule has 5 heteroatoms. The molecule has 0 bridgehead atoms. The molecule has 150 valence electrons. The van der Waals surface area contributed by atoms with Crippen LogP contribution >= 0.6 is 11.3 Å². The fourth-order valence-electron chi connectivity index (χ4n) is 4.54. The van der Waals surface area contributed by atoms with E-state index in [1.807, 2.05) is 10.7 Å². The molecule has 1 saturated carbocycles. The number of benzene rings is 1. The lowest BCUT2D eigenvalue weighted by Gasteiger charge is -2.37. The number of anilines is 1. The fraction of sp³-hybridized carbons (Fsp3) is 0.417. The lowest BCUT2D eigenvalue weighted by molar-refractivity contribution is 0.173. The zero-order valence-electron chi connectivity index (χ0n) is 17.4. The average molecular weight is 405 g/mol. The van der Waals surface area contributed by atoms with Crippen molar-refractivity contribution < 1.29 is 0 Å². The van der Waals surface area contributed by atoms with Gasteiger partial charge in [0.15, 0.2) is 5.65 Å². The number of nitrogens with zero attached hydrogens (tertiary/aromatic N) is 3. The molecular weight excluding hydrogens is 376 g/mol. The molecule has 0 radical (unpaired) electrons. The summed E-state index contributed by atoms with van der Waals surface area (Å²) in [5, 5.41) is 9.85. The molecule has 5 rings (SSSR count). The summed E-state index contributed by atoms with van der Waals surface area (Å²) in [5.41, 5.74) is 2.36. The Morgan fingerprint density at radius 3 is 2.59 bits per heavy atom. The number of nitrogens with one attached hydrogen (secondary N) is 1. The molecule has 0 aliphatic heterocycles. The van der Waals surface area contributed by atoms with Crippen molar-refractivity contribution in [2.24, 2.45) is 11.3 Å². The van der Waals surface area contributed by atoms with Gasteiger partial charge in [-0.15, -0.1) is 16.4 Å². The molecule has 1 aliphatic rings. The predicted octanol–water partition coefficient (Wildman–Crippen LogP) is 6.63. The molecule has 4 aromatic rings. The van der Waals surface area contributed by atoms with Crippen molar-refractivity contribution in [3.05, 3.63) is 48.7 Å². The van der Waals surface area contributed by atoms with Gasteiger partial charge in [-0.2, -0.15) is 0 Å². The summed E-state index contributed by atoms with van der Waals surface area (Å²) in [4.78, 5) is 5.77. The summed E-state index contributed by atoms with van der Waals surface area (Å²) >= 11 is 1.79. The van der Waals surface area contributed by atoms with Crippen molar-refractivity contribution in [1.29, 1.82) is 0 Å². The molecular formula is C24H28N4S. The molecule has 4 nitrogen and oxygen atoms in total. The van der Waals surface area contributed by atoms with Gasteiger partial charge in [-0.3, -0.25) is 0 Å². The zero-order chi connectivity index (χ0) is 20.0. The van der Waals surface area contributed by atoms with Gasteiger partial charge in [-0.1, -0.05) is 39.0 Å². The van der Waals surface area contributed by atoms with Crippen LogP contribution in [0, 0.1) is 11.3 Å². The Labute approximate surface area is 176 Å². The number of fused-ring (bicyclic) bond motifs is 2. The predicted molar refractivity (Wildman–Crippen MR) is 123 cm³/mol. The van der Waals surface area contributed by atoms with Crippen molar-refractivity contribution in [3.8, 4) is 10.6 Å². The van der Waals surface area contributed by atoms with Crippen LogP contribution in [-0.2, 0) is 0 Å². The second kappa shape index (κ2) is 7.13. The Hall–Kier alpha value is -2.40. The van der Waals surface area contributed by atoms with Gasteiger partial charge in [0.2, 0.25) is 0 Å². The molecule has 1 fully saturated rings. The number of hydrogen-bond donors (Lipinski definition) is 1. The van der Waals surface area contributed by atoms with E-state index < -0.39 is 0 Å². The smallest absolute Gasteiger partial charge is 0.154 e. The molecule has 3 heterocycles. The first-order valence-corrected chi connectivity index (χ1v) is 11.4. The monoisotopic (exact) mass is 404 g/mol. The minimum Gasteiger partial charge on any atom is -0.366 e. The summed E-state index contributed by atoms with van der Waals surface area (Å²) < 4.78 is 3.27. The molecule has 0 unspecified atom stereocenters. The van der Waals surface area contributed by atoms with E-state index in [0.717, 1.165) is 23.1 Å². The van der Waals surface area contributed by atoms with Crippen LogP contribution in [0.3, 0.4) is 0 Å². The quantitative estimate of drug-likeness (QED) is 0.417. The van der Waals surface area contributed by atoms with Crippen LogP contribution in [0.4, 0.5) is 5.82 Å². The summed E-state index contributed by atoms with van der Waals surface area (Å²) in [7, 11) is 0. The Bertz CT molecular complexity index is 1110. The molecule has 3 aromatic heterocycles. The van der Waals surface area contributed by atoms with Crippen molar-refractivity contribution in [2.75, 3.05) is 5.32 Å². The van der Waals surface area contributed by atoms with Crippen molar-refractivity contribution in [1.82, 2.24) is 14.6 Å². The van der Waals surface area contributed by atoms with E-state index in [-0.39, 0.29) is 0 Å². The Morgan fingerprint density at radius 1 is 1.03 bits per heavy atom. The van der Waals surface area contributed by atoms with Crippen LogP contribution < -0.4 is 5.32 Å². The van der Waals surface area contributed by atoms with E-state index in [9.17, 15) is 0 Å². The minimum absolute atomic E-state index is 0.415. The Balaban J connectivity index is 1.39. The van der Waals surface area contributed by atoms with Gasteiger partial charge in [0.25, 0.3) is 0 Å². The van der Waals surface area contributed by atoms with E-state index >= 15 is 0 Å². The van der Waals surface area contributed by atoms with Crippen molar-refractivity contribution in [3.63, 3.8) is 0 Å². The molecule has 0 spiro atoms. The highest BCUT2D eigenvalue weighted by atomic mass is 32.1. The van der Waals surface area contributed by atoms with Crippen molar-refractivity contribution in [2.45, 2.75) is 52.5 Å². The number of imidazole rings is 1. The molecule has 0 saturated heterocycles. The minimum atomic E-state index is 0.415. The summed E-state index contributed by atoms with van der Waals surface area (Å²) in [6.07, 6.45) is 6.96. The van der Waals surface area contributed by atoms with E-state index in [0.29, 0.717) is 11.5 Å². The number of thiophene rings is 1. The van der Waals surface area contributed by atoms with Crippen LogP contribution in [0.2, 0.25) is 0 Å². The Morgan fingerprint density at radius 2 is 1.83 bits per heavy atom. The highest BCUT2D eigenvalue weighted by Crippen LogP contribution is 2.38. The maximum atomic E-state index is 4.89. The van der Waals surface area contributed by atoms with E-state index in [4.69, 9.17) is 5.10 Å². The van der Waals surface area contributed by atoms with Crippen LogP contribution in [0.15, 0.2) is 48.7 Å². The van der Waals surface area contributed by atoms with Gasteiger partial charge in [-0.25, -0.2) is 9.50 Å². The standard InChI is InChI=1S/C24H28N4S/c1-24(2,3)17-8-10-18(11-9-17)26-22-12-13-23-25-15-19(28(23)27-22)21-14-16-6-4-5-7-20(16)29-21/h4-7,12-15,17-18H,8-11H2,1-3H3,(H,26,27). The largest absolute Gasteiger partial charge is 0.366 e. The van der Waals surface area contributed by atoms with Gasteiger partial charge in [0.1, 0.15) is 11.5 Å². The van der Waals surface area contributed by atoms with Crippen molar-refractivity contribution >= 4 is 32.9 Å². The second-order valence-electron chi connectivity index (χ2n) is 9.34. The molecule has 0 amide bonds. The Kier molecular flexibility index (Phi) is 4.58. The third-order valence-electron chi connectivity index (χ3n) is 6.34. The van der Waals surface area contributed by atoms with Gasteiger partial charge >= 0.3 is 0 Å². The number of hydrogen-bond acceptors (Lipinski definition) is 4. The van der Waals surface area contributed by atoms with E-state index in [1.54, 1.807) is 11.3 Å². The third kappa shape index (κ3) is 3.64. The summed E-state index contributed by atoms with van der Waals surface area (Å²) in [6, 6.07) is 15.4. The number of rotatable bonds is 3. The lowest BCUT2D eigenvalue weighted by Crippen LogP contribution is -2.31. The fourth-order valence-corrected chi connectivity index (χ4v) is 5.60.